The summed E-state index contributed by atoms with van der Waals surface area (Å²) in [6.07, 6.45) is 1.65. The summed E-state index contributed by atoms with van der Waals surface area (Å²) >= 11 is 4.89. The molecule has 3 aromatic heterocycles. The molecule has 204 valence electrons. The van der Waals surface area contributed by atoms with Gasteiger partial charge in [-0.15, -0.1) is 0 Å². The summed E-state index contributed by atoms with van der Waals surface area (Å²) in [6.45, 7) is -1.05. The number of ether oxygens (including phenoxy) is 2. The quantitative estimate of drug-likeness (QED) is 0.221. The molecule has 16 heteroatoms. The summed E-state index contributed by atoms with van der Waals surface area (Å²) in [5.74, 6) is -9.67. The lowest BCUT2D eigenvalue weighted by molar-refractivity contribution is -0.208. The zero-order valence-corrected chi connectivity index (χ0v) is 20.2. The maximum absolute atomic E-state index is 15.9. The molecule has 5 rings (SSSR count). The van der Waals surface area contributed by atoms with Crippen LogP contribution in [0.5, 0.6) is 17.2 Å². The predicted molar refractivity (Wildman–Crippen MR) is 122 cm³/mol. The highest BCUT2D eigenvalue weighted by atomic mass is 32.1. The molecule has 1 fully saturated rings. The Labute approximate surface area is 220 Å². The molecule has 2 unspecified atom stereocenters. The minimum absolute atomic E-state index is 0.0177. The number of H-pyrrole nitrogens is 1. The average molecular weight is 570 g/mol. The van der Waals surface area contributed by atoms with E-state index in [1.165, 1.54) is 18.5 Å². The van der Waals surface area contributed by atoms with Crippen molar-refractivity contribution >= 4 is 12.2 Å². The Kier molecular flexibility index (Phi) is 6.54. The number of aromatic nitrogens is 6. The van der Waals surface area contributed by atoms with Crippen LogP contribution in [0.3, 0.4) is 0 Å². The second-order valence-corrected chi connectivity index (χ2v) is 9.00. The van der Waals surface area contributed by atoms with Gasteiger partial charge in [-0.25, -0.2) is 22.2 Å². The summed E-state index contributed by atoms with van der Waals surface area (Å²) in [6, 6.07) is 4.94. The first-order chi connectivity index (χ1) is 18.4. The van der Waals surface area contributed by atoms with E-state index in [0.29, 0.717) is 18.2 Å². The Morgan fingerprint density at radius 1 is 1.08 bits per heavy atom. The van der Waals surface area contributed by atoms with Gasteiger partial charge in [0.05, 0.1) is 31.6 Å². The van der Waals surface area contributed by atoms with Crippen LogP contribution in [-0.4, -0.2) is 47.3 Å². The number of hydrogen-bond acceptors (Lipinski definition) is 8. The topological polar surface area (TPSA) is 111 Å². The number of aromatic amines is 1. The Bertz CT molecular complexity index is 1570. The largest absolute Gasteiger partial charge is 0.482 e. The highest BCUT2D eigenvalue weighted by Crippen LogP contribution is 2.47. The summed E-state index contributed by atoms with van der Waals surface area (Å²) in [7, 11) is 0. The van der Waals surface area contributed by atoms with Crippen LogP contribution in [0, 0.1) is 16.4 Å². The van der Waals surface area contributed by atoms with Crippen LogP contribution in [0.4, 0.5) is 26.3 Å². The molecule has 2 atom stereocenters. The molecular weight excluding hydrogens is 554 g/mol. The first-order valence-corrected chi connectivity index (χ1v) is 11.5. The van der Waals surface area contributed by atoms with E-state index >= 15 is 8.78 Å². The second-order valence-electron chi connectivity index (χ2n) is 8.64. The number of halogens is 6. The van der Waals surface area contributed by atoms with Crippen molar-refractivity contribution in [2.24, 2.45) is 0 Å². The molecule has 4 aromatic rings. The summed E-state index contributed by atoms with van der Waals surface area (Å²) in [4.78, 5) is 7.51. The standard InChI is InChI=1S/C23H16F6N6O3S/c24-12-1-3-16(17(25)5-12)21(36,11-35-20(39)32-33-34-35)23(28,29)18-4-2-13(10-31-18)37-14-6-15(9-30-8-14)38-19-7-22(19,26)27/h1-6,8-10,19,36H,7,11H2,(H,32,34,39). The highest BCUT2D eigenvalue weighted by molar-refractivity contribution is 7.71. The van der Waals surface area contributed by atoms with E-state index in [1.54, 1.807) is 0 Å². The molecule has 3 heterocycles. The lowest BCUT2D eigenvalue weighted by Gasteiger charge is -2.36. The maximum atomic E-state index is 15.9. The first-order valence-electron chi connectivity index (χ1n) is 11.1. The van der Waals surface area contributed by atoms with Crippen molar-refractivity contribution < 1.29 is 40.9 Å². The summed E-state index contributed by atoms with van der Waals surface area (Å²) in [5.41, 5.74) is -5.27. The van der Waals surface area contributed by atoms with Crippen molar-refractivity contribution in [3.63, 3.8) is 0 Å². The molecule has 39 heavy (non-hydrogen) atoms. The van der Waals surface area contributed by atoms with Gasteiger partial charge in [-0.1, -0.05) is 10.3 Å². The normalized spacial score (nSPS) is 17.9. The van der Waals surface area contributed by atoms with Gasteiger partial charge in [-0.3, -0.25) is 9.97 Å². The average Bonchev–Trinajstić information content (AvgIpc) is 3.27. The lowest BCUT2D eigenvalue weighted by atomic mass is 9.84. The van der Waals surface area contributed by atoms with E-state index in [-0.39, 0.29) is 22.0 Å². The summed E-state index contributed by atoms with van der Waals surface area (Å²) in [5, 5.41) is 20.3. The smallest absolute Gasteiger partial charge is 0.323 e. The molecule has 0 amide bonds. The van der Waals surface area contributed by atoms with Gasteiger partial charge in [0.25, 0.3) is 5.92 Å². The third-order valence-corrected chi connectivity index (χ3v) is 6.15. The van der Waals surface area contributed by atoms with Gasteiger partial charge in [-0.05, 0) is 36.5 Å². The van der Waals surface area contributed by atoms with Gasteiger partial charge in [0.15, 0.2) is 11.7 Å². The van der Waals surface area contributed by atoms with E-state index in [1.807, 2.05) is 0 Å². The Morgan fingerprint density at radius 2 is 1.82 bits per heavy atom. The molecule has 0 spiro atoms. The first kappa shape index (κ1) is 26.6. The number of nitrogens with one attached hydrogen (secondary N) is 1. The van der Waals surface area contributed by atoms with Crippen molar-refractivity contribution in [2.75, 3.05) is 0 Å². The van der Waals surface area contributed by atoms with Crippen LogP contribution in [0.1, 0.15) is 17.7 Å². The zero-order chi connectivity index (χ0) is 28.0. The second kappa shape index (κ2) is 9.60. The Morgan fingerprint density at radius 3 is 2.44 bits per heavy atom. The number of pyridine rings is 2. The molecule has 2 N–H and O–H groups in total. The minimum Gasteiger partial charge on any atom is -0.482 e. The fourth-order valence-corrected chi connectivity index (χ4v) is 3.85. The maximum Gasteiger partial charge on any atom is 0.323 e. The molecule has 1 aliphatic carbocycles. The van der Waals surface area contributed by atoms with Gasteiger partial charge in [-0.2, -0.15) is 14.0 Å². The molecular formula is C23H16F6N6O3S. The number of alkyl halides is 4. The minimum atomic E-state index is -4.28. The van der Waals surface area contributed by atoms with Gasteiger partial charge in [0.1, 0.15) is 34.6 Å². The third kappa shape index (κ3) is 5.16. The van der Waals surface area contributed by atoms with Crippen molar-refractivity contribution in [3.05, 3.63) is 82.7 Å². The highest BCUT2D eigenvalue weighted by Gasteiger charge is 2.60. The zero-order valence-electron chi connectivity index (χ0n) is 19.4. The molecule has 1 saturated carbocycles. The molecule has 0 radical (unpaired) electrons. The van der Waals surface area contributed by atoms with Crippen molar-refractivity contribution in [1.82, 2.24) is 30.2 Å². The number of nitrogens with zero attached hydrogens (tertiary/aromatic N) is 5. The Hall–Kier alpha value is -4.05. The van der Waals surface area contributed by atoms with E-state index < -0.39 is 59.4 Å². The fraction of sp³-hybridized carbons (Fsp3) is 0.261. The van der Waals surface area contributed by atoms with E-state index in [9.17, 15) is 22.7 Å². The fourth-order valence-electron chi connectivity index (χ4n) is 3.70. The summed E-state index contributed by atoms with van der Waals surface area (Å²) < 4.78 is 97.3. The van der Waals surface area contributed by atoms with Crippen molar-refractivity contribution in [2.45, 2.75) is 36.5 Å². The van der Waals surface area contributed by atoms with Crippen LogP contribution in [0.25, 0.3) is 0 Å². The molecule has 1 aliphatic rings. The molecule has 0 saturated heterocycles. The Balaban J connectivity index is 1.42. The van der Waals surface area contributed by atoms with E-state index in [2.05, 4.69) is 25.5 Å². The monoisotopic (exact) mass is 570 g/mol. The van der Waals surface area contributed by atoms with E-state index in [0.717, 1.165) is 23.0 Å². The van der Waals surface area contributed by atoms with Crippen molar-refractivity contribution in [3.8, 4) is 17.2 Å². The molecule has 1 aromatic carbocycles. The SMILES string of the molecule is OC(Cn1[nH]nnc1=S)(c1ccc(F)cc1F)C(F)(F)c1ccc(Oc2cncc(OC3CC3(F)F)c2)cn1. The van der Waals surface area contributed by atoms with Gasteiger partial charge in [0, 0.05) is 17.7 Å². The number of tetrazole rings is 1. The molecule has 0 aliphatic heterocycles. The van der Waals surface area contributed by atoms with Crippen LogP contribution in [0.15, 0.2) is 55.0 Å². The predicted octanol–water partition coefficient (Wildman–Crippen LogP) is 4.66. The van der Waals surface area contributed by atoms with E-state index in [4.69, 9.17) is 21.7 Å². The van der Waals surface area contributed by atoms with Crippen LogP contribution in [0.2, 0.25) is 0 Å². The van der Waals surface area contributed by atoms with Gasteiger partial charge < -0.3 is 14.6 Å². The van der Waals surface area contributed by atoms with Crippen molar-refractivity contribution in [1.29, 1.82) is 0 Å². The molecule has 9 nitrogen and oxygen atoms in total. The van der Waals surface area contributed by atoms with Crippen LogP contribution >= 0.6 is 12.2 Å². The lowest BCUT2D eigenvalue weighted by Crippen LogP contribution is -2.48. The van der Waals surface area contributed by atoms with Gasteiger partial charge >= 0.3 is 5.92 Å². The third-order valence-electron chi connectivity index (χ3n) is 5.84. The number of aliphatic hydroxyl groups is 1. The van der Waals surface area contributed by atoms with Crippen LogP contribution in [-0.2, 0) is 18.1 Å². The number of benzene rings is 1. The molecule has 0 bridgehead atoms. The van der Waals surface area contributed by atoms with Gasteiger partial charge in [0.2, 0.25) is 4.77 Å². The number of hydrogen-bond donors (Lipinski definition) is 2. The van der Waals surface area contributed by atoms with Crippen LogP contribution < -0.4 is 9.47 Å². The number of rotatable bonds is 9.